The first-order chi connectivity index (χ1) is 14.7. The number of nitrogens with zero attached hydrogens (tertiary/aromatic N) is 2. The molecule has 1 aromatic rings. The molecule has 2 amide bonds. The van der Waals surface area contributed by atoms with Gasteiger partial charge in [-0.2, -0.15) is 0 Å². The molecule has 3 fully saturated rings. The molecule has 0 atom stereocenters. The first-order valence-electron chi connectivity index (χ1n) is 11.7. The lowest BCUT2D eigenvalue weighted by Crippen LogP contribution is -2.58. The summed E-state index contributed by atoms with van der Waals surface area (Å²) in [5.41, 5.74) is 0.978. The largest absolute Gasteiger partial charge is 0.484 e. The fraction of sp³-hybridized carbons (Fsp3) is 0.667. The average Bonchev–Trinajstić information content (AvgIpc) is 3.23. The van der Waals surface area contributed by atoms with Gasteiger partial charge in [0.2, 0.25) is 5.91 Å². The van der Waals surface area contributed by atoms with Gasteiger partial charge in [-0.3, -0.25) is 14.5 Å². The second-order valence-electron chi connectivity index (χ2n) is 9.04. The monoisotopic (exact) mass is 413 g/mol. The predicted molar refractivity (Wildman–Crippen MR) is 118 cm³/mol. The van der Waals surface area contributed by atoms with Crippen LogP contribution in [0.15, 0.2) is 24.3 Å². The second-order valence-corrected chi connectivity index (χ2v) is 9.04. The Kier molecular flexibility index (Phi) is 6.93. The highest BCUT2D eigenvalue weighted by Gasteiger charge is 2.38. The van der Waals surface area contributed by atoms with E-state index in [2.05, 4.69) is 10.2 Å². The van der Waals surface area contributed by atoms with Crippen LogP contribution in [-0.4, -0.2) is 55.0 Å². The first-order valence-corrected chi connectivity index (χ1v) is 11.7. The second kappa shape index (κ2) is 9.82. The van der Waals surface area contributed by atoms with Crippen molar-refractivity contribution in [1.82, 2.24) is 10.2 Å². The van der Waals surface area contributed by atoms with Gasteiger partial charge in [-0.1, -0.05) is 31.7 Å². The topological polar surface area (TPSA) is 61.9 Å². The zero-order valence-corrected chi connectivity index (χ0v) is 18.0. The van der Waals surface area contributed by atoms with Crippen LogP contribution < -0.4 is 15.0 Å². The van der Waals surface area contributed by atoms with Gasteiger partial charge in [-0.15, -0.1) is 0 Å². The van der Waals surface area contributed by atoms with Crippen LogP contribution in [0.2, 0.25) is 0 Å². The van der Waals surface area contributed by atoms with E-state index in [-0.39, 0.29) is 24.0 Å². The van der Waals surface area contributed by atoms with Crippen molar-refractivity contribution in [3.63, 3.8) is 0 Å². The van der Waals surface area contributed by atoms with Gasteiger partial charge in [-0.25, -0.2) is 0 Å². The fourth-order valence-electron chi connectivity index (χ4n) is 5.31. The molecule has 0 spiro atoms. The van der Waals surface area contributed by atoms with Crippen LogP contribution in [-0.2, 0) is 9.59 Å². The van der Waals surface area contributed by atoms with Crippen LogP contribution in [0, 0.1) is 0 Å². The van der Waals surface area contributed by atoms with E-state index in [0.717, 1.165) is 38.3 Å². The van der Waals surface area contributed by atoms with Crippen molar-refractivity contribution in [3.8, 4) is 5.75 Å². The summed E-state index contributed by atoms with van der Waals surface area (Å²) in [7, 11) is 0. The number of nitrogens with one attached hydrogen (secondary N) is 1. The van der Waals surface area contributed by atoms with Crippen molar-refractivity contribution < 1.29 is 14.3 Å². The number of hydrogen-bond donors (Lipinski definition) is 1. The molecule has 2 heterocycles. The normalized spacial score (nSPS) is 22.1. The first kappa shape index (κ1) is 21.2. The molecule has 0 radical (unpaired) electrons. The molecular formula is C24H35N3O3. The number of anilines is 1. The molecule has 6 nitrogen and oxygen atoms in total. The van der Waals surface area contributed by atoms with Gasteiger partial charge in [0.15, 0.2) is 6.61 Å². The maximum absolute atomic E-state index is 12.6. The van der Waals surface area contributed by atoms with Crippen LogP contribution in [0.1, 0.15) is 64.2 Å². The highest BCUT2D eigenvalue weighted by molar-refractivity contribution is 5.95. The SMILES string of the molecule is O=C(COc1cccc(N2CCCC2=O)c1)NCC1(N2CCCCC2)CCCCC1. The molecule has 0 bridgehead atoms. The van der Waals surface area contributed by atoms with Crippen molar-refractivity contribution in [2.24, 2.45) is 0 Å². The molecule has 6 heteroatoms. The third-order valence-electron chi connectivity index (χ3n) is 7.00. The summed E-state index contributed by atoms with van der Waals surface area (Å²) in [5.74, 6) is 0.714. The lowest BCUT2D eigenvalue weighted by Gasteiger charge is -2.48. The Morgan fingerprint density at radius 2 is 1.77 bits per heavy atom. The summed E-state index contributed by atoms with van der Waals surface area (Å²) in [4.78, 5) is 29.0. The summed E-state index contributed by atoms with van der Waals surface area (Å²) >= 11 is 0. The molecule has 1 saturated carbocycles. The Morgan fingerprint density at radius 1 is 1.00 bits per heavy atom. The van der Waals surface area contributed by atoms with Gasteiger partial charge >= 0.3 is 0 Å². The van der Waals surface area contributed by atoms with E-state index in [4.69, 9.17) is 4.74 Å². The molecule has 1 N–H and O–H groups in total. The molecule has 2 saturated heterocycles. The summed E-state index contributed by atoms with van der Waals surface area (Å²) in [6, 6.07) is 7.49. The van der Waals surface area contributed by atoms with Crippen LogP contribution in [0.3, 0.4) is 0 Å². The van der Waals surface area contributed by atoms with E-state index in [0.29, 0.717) is 12.2 Å². The Bertz CT molecular complexity index is 739. The van der Waals surface area contributed by atoms with E-state index in [9.17, 15) is 9.59 Å². The number of rotatable bonds is 7. The highest BCUT2D eigenvalue weighted by atomic mass is 16.5. The summed E-state index contributed by atoms with van der Waals surface area (Å²) in [5, 5.41) is 3.17. The fourth-order valence-corrected chi connectivity index (χ4v) is 5.31. The third-order valence-corrected chi connectivity index (χ3v) is 7.00. The van der Waals surface area contributed by atoms with Gasteiger partial charge in [0.25, 0.3) is 5.91 Å². The quantitative estimate of drug-likeness (QED) is 0.743. The minimum atomic E-state index is -0.0698. The predicted octanol–water partition coefficient (Wildman–Crippen LogP) is 3.50. The maximum atomic E-state index is 12.6. The minimum absolute atomic E-state index is 0.00742. The van der Waals surface area contributed by atoms with Crippen LogP contribution in [0.25, 0.3) is 0 Å². The van der Waals surface area contributed by atoms with Crippen molar-refractivity contribution in [3.05, 3.63) is 24.3 Å². The number of carbonyl (C=O) groups is 2. The lowest BCUT2D eigenvalue weighted by atomic mass is 9.79. The summed E-state index contributed by atoms with van der Waals surface area (Å²) in [6.07, 6.45) is 11.5. The number of likely N-dealkylation sites (tertiary alicyclic amines) is 1. The molecular weight excluding hydrogens is 378 g/mol. The number of amides is 2. The Labute approximate surface area is 179 Å². The summed E-state index contributed by atoms with van der Waals surface area (Å²) in [6.45, 7) is 3.80. The molecule has 0 aromatic heterocycles. The number of benzene rings is 1. The van der Waals surface area contributed by atoms with Crippen LogP contribution in [0.5, 0.6) is 5.75 Å². The number of piperidine rings is 1. The van der Waals surface area contributed by atoms with Crippen molar-refractivity contribution in [1.29, 1.82) is 0 Å². The highest BCUT2D eigenvalue weighted by Crippen LogP contribution is 2.35. The van der Waals surface area contributed by atoms with Crippen molar-refractivity contribution in [2.75, 3.05) is 37.7 Å². The summed E-state index contributed by atoms with van der Waals surface area (Å²) < 4.78 is 5.76. The Hall–Kier alpha value is -2.08. The van der Waals surface area contributed by atoms with Crippen molar-refractivity contribution >= 4 is 17.5 Å². The Balaban J connectivity index is 1.30. The number of carbonyl (C=O) groups excluding carboxylic acids is 2. The van der Waals surface area contributed by atoms with Crippen molar-refractivity contribution in [2.45, 2.75) is 69.7 Å². The van der Waals surface area contributed by atoms with E-state index in [1.807, 2.05) is 24.3 Å². The van der Waals surface area contributed by atoms with E-state index in [1.54, 1.807) is 4.90 Å². The van der Waals surface area contributed by atoms with Crippen LogP contribution >= 0.6 is 0 Å². The number of hydrogen-bond acceptors (Lipinski definition) is 4. The standard InChI is InChI=1S/C24H35N3O3/c28-22(18-30-21-10-7-9-20(17-21)27-16-8-11-23(27)29)25-19-24(12-3-1-4-13-24)26-14-5-2-6-15-26/h7,9-10,17H,1-6,8,11-16,18-19H2,(H,25,28). The molecule has 0 unspecified atom stereocenters. The molecule has 30 heavy (non-hydrogen) atoms. The zero-order chi connectivity index (χ0) is 20.8. The smallest absolute Gasteiger partial charge is 0.258 e. The van der Waals surface area contributed by atoms with E-state index >= 15 is 0 Å². The van der Waals surface area contributed by atoms with Gasteiger partial charge in [-0.05, 0) is 57.3 Å². The average molecular weight is 414 g/mol. The lowest BCUT2D eigenvalue weighted by molar-refractivity contribution is -0.124. The van der Waals surface area contributed by atoms with Gasteiger partial charge in [0.05, 0.1) is 0 Å². The van der Waals surface area contributed by atoms with E-state index < -0.39 is 0 Å². The maximum Gasteiger partial charge on any atom is 0.258 e. The van der Waals surface area contributed by atoms with Gasteiger partial charge in [0.1, 0.15) is 5.75 Å². The molecule has 164 valence electrons. The molecule has 1 aliphatic carbocycles. The van der Waals surface area contributed by atoms with Gasteiger partial charge < -0.3 is 15.0 Å². The van der Waals surface area contributed by atoms with Gasteiger partial charge in [0, 0.05) is 36.8 Å². The third kappa shape index (κ3) is 4.97. The van der Waals surface area contributed by atoms with E-state index in [1.165, 1.54) is 51.4 Å². The molecule has 2 aliphatic heterocycles. The molecule has 3 aliphatic rings. The Morgan fingerprint density at radius 3 is 2.50 bits per heavy atom. The minimum Gasteiger partial charge on any atom is -0.484 e. The number of ether oxygens (including phenoxy) is 1. The zero-order valence-electron chi connectivity index (χ0n) is 18.0. The molecule has 4 rings (SSSR count). The van der Waals surface area contributed by atoms with Crippen LogP contribution in [0.4, 0.5) is 5.69 Å². The molecule has 1 aromatic carbocycles.